The number of amides is 1. The predicted octanol–water partition coefficient (Wildman–Crippen LogP) is 1.87. The molecule has 1 heterocycles. The number of halogens is 1. The largest absolute Gasteiger partial charge is 0.368 e. The van der Waals surface area contributed by atoms with Crippen LogP contribution in [0.3, 0.4) is 0 Å². The lowest BCUT2D eigenvalue weighted by molar-refractivity contribution is -0.127. The molecule has 6 nitrogen and oxygen atoms in total. The molecule has 0 aliphatic carbocycles. The molecule has 7 heteroatoms. The van der Waals surface area contributed by atoms with E-state index in [2.05, 4.69) is 58.2 Å². The number of anilines is 1. The van der Waals surface area contributed by atoms with Gasteiger partial charge in [0.05, 0.1) is 0 Å². The van der Waals surface area contributed by atoms with Crippen molar-refractivity contribution in [3.8, 4) is 0 Å². The first-order valence-electron chi connectivity index (χ1n) is 8.53. The number of carbonyl (C=O) groups is 1. The van der Waals surface area contributed by atoms with Crippen molar-refractivity contribution in [2.75, 3.05) is 51.7 Å². The van der Waals surface area contributed by atoms with Gasteiger partial charge in [-0.15, -0.1) is 24.0 Å². The number of rotatable bonds is 4. The van der Waals surface area contributed by atoms with Crippen LogP contribution >= 0.6 is 24.0 Å². The van der Waals surface area contributed by atoms with Gasteiger partial charge in [-0.1, -0.05) is 18.2 Å². The van der Waals surface area contributed by atoms with Gasteiger partial charge in [0.25, 0.3) is 0 Å². The maximum absolute atomic E-state index is 11.8. The van der Waals surface area contributed by atoms with Gasteiger partial charge < -0.3 is 20.0 Å². The van der Waals surface area contributed by atoms with Gasteiger partial charge in [0.2, 0.25) is 5.91 Å². The Morgan fingerprint density at radius 1 is 1.16 bits per heavy atom. The van der Waals surface area contributed by atoms with E-state index in [1.54, 1.807) is 19.0 Å². The maximum atomic E-state index is 11.8. The Labute approximate surface area is 168 Å². The highest BCUT2D eigenvalue weighted by atomic mass is 127. The zero-order valence-electron chi connectivity index (χ0n) is 15.6. The van der Waals surface area contributed by atoms with Gasteiger partial charge >= 0.3 is 0 Å². The zero-order chi connectivity index (χ0) is 17.5. The van der Waals surface area contributed by atoms with Gasteiger partial charge in [-0.2, -0.15) is 0 Å². The van der Waals surface area contributed by atoms with Crippen LogP contribution in [0.1, 0.15) is 13.8 Å². The minimum Gasteiger partial charge on any atom is -0.368 e. The van der Waals surface area contributed by atoms with E-state index in [1.165, 1.54) is 5.69 Å². The first-order valence-corrected chi connectivity index (χ1v) is 8.53. The van der Waals surface area contributed by atoms with Crippen LogP contribution in [0.15, 0.2) is 35.3 Å². The molecular formula is C18H30IN5O. The molecular weight excluding hydrogens is 429 g/mol. The minimum atomic E-state index is 0. The van der Waals surface area contributed by atoms with Gasteiger partial charge in [0.1, 0.15) is 6.54 Å². The Balaban J connectivity index is 0.00000312. The average Bonchev–Trinajstić information content (AvgIpc) is 2.59. The van der Waals surface area contributed by atoms with Gasteiger partial charge in [0, 0.05) is 52.0 Å². The average molecular weight is 459 g/mol. The number of hydrogen-bond donors (Lipinski definition) is 1. The highest BCUT2D eigenvalue weighted by Gasteiger charge is 2.20. The first-order chi connectivity index (χ1) is 11.5. The van der Waals surface area contributed by atoms with Crippen LogP contribution in [0.25, 0.3) is 0 Å². The monoisotopic (exact) mass is 459 g/mol. The third kappa shape index (κ3) is 6.72. The van der Waals surface area contributed by atoms with Crippen LogP contribution in [0.5, 0.6) is 0 Å². The van der Waals surface area contributed by atoms with Crippen molar-refractivity contribution in [3.05, 3.63) is 30.3 Å². The van der Waals surface area contributed by atoms with E-state index in [0.717, 1.165) is 32.1 Å². The summed E-state index contributed by atoms with van der Waals surface area (Å²) in [5.74, 6) is 0.842. The molecule has 0 bridgehead atoms. The number of aliphatic imine (C=N–C) groups is 1. The quantitative estimate of drug-likeness (QED) is 0.425. The van der Waals surface area contributed by atoms with Crippen molar-refractivity contribution in [2.45, 2.75) is 19.9 Å². The number of carbonyl (C=O) groups excluding carboxylic acids is 1. The second-order valence-electron chi connectivity index (χ2n) is 6.54. The van der Waals surface area contributed by atoms with E-state index in [4.69, 9.17) is 0 Å². The van der Waals surface area contributed by atoms with E-state index < -0.39 is 0 Å². The third-order valence-corrected chi connectivity index (χ3v) is 3.98. The summed E-state index contributed by atoms with van der Waals surface area (Å²) in [5, 5.41) is 3.39. The van der Waals surface area contributed by atoms with Gasteiger partial charge in [-0.25, -0.2) is 4.99 Å². The van der Waals surface area contributed by atoms with E-state index in [0.29, 0.717) is 0 Å². The van der Waals surface area contributed by atoms with E-state index in [9.17, 15) is 4.79 Å². The first kappa shape index (κ1) is 21.5. The fraction of sp³-hybridized carbons (Fsp3) is 0.556. The summed E-state index contributed by atoms with van der Waals surface area (Å²) in [7, 11) is 3.51. The molecule has 1 aliphatic rings. The molecule has 25 heavy (non-hydrogen) atoms. The summed E-state index contributed by atoms with van der Waals surface area (Å²) in [6, 6.07) is 10.8. The fourth-order valence-electron chi connectivity index (χ4n) is 2.59. The van der Waals surface area contributed by atoms with Crippen LogP contribution in [0, 0.1) is 0 Å². The molecule has 2 rings (SSSR count). The number of piperazine rings is 1. The molecule has 1 aromatic carbocycles. The van der Waals surface area contributed by atoms with Crippen molar-refractivity contribution in [1.29, 1.82) is 0 Å². The topological polar surface area (TPSA) is 51.2 Å². The highest BCUT2D eigenvalue weighted by molar-refractivity contribution is 14.0. The van der Waals surface area contributed by atoms with Crippen LogP contribution in [-0.4, -0.2) is 74.5 Å². The van der Waals surface area contributed by atoms with Crippen molar-refractivity contribution < 1.29 is 4.79 Å². The number of nitrogens with zero attached hydrogens (tertiary/aromatic N) is 4. The smallest absolute Gasteiger partial charge is 0.243 e. The molecule has 1 aromatic rings. The van der Waals surface area contributed by atoms with E-state index in [-0.39, 0.29) is 42.5 Å². The molecule has 1 amide bonds. The summed E-state index contributed by atoms with van der Waals surface area (Å²) in [6.45, 7) is 8.04. The molecule has 1 N–H and O–H groups in total. The molecule has 1 aliphatic heterocycles. The van der Waals surface area contributed by atoms with Crippen LogP contribution in [0.4, 0.5) is 5.69 Å². The number of likely N-dealkylation sites (N-methyl/N-ethyl adjacent to an activating group) is 1. The minimum absolute atomic E-state index is 0. The fourth-order valence-corrected chi connectivity index (χ4v) is 2.59. The highest BCUT2D eigenvalue weighted by Crippen LogP contribution is 2.15. The number of para-hydroxylation sites is 1. The molecule has 1 saturated heterocycles. The van der Waals surface area contributed by atoms with Gasteiger partial charge in [0.15, 0.2) is 5.96 Å². The number of benzene rings is 1. The Morgan fingerprint density at radius 3 is 2.28 bits per heavy atom. The molecule has 0 radical (unpaired) electrons. The molecule has 0 saturated carbocycles. The SMILES string of the molecule is CC(C)NC(=NCC(=O)N(C)C)N1CCN(c2ccccc2)CC1.I. The number of guanidine groups is 1. The Kier molecular flexibility index (Phi) is 9.02. The number of hydrogen-bond acceptors (Lipinski definition) is 3. The van der Waals surface area contributed by atoms with Gasteiger partial charge in [-0.05, 0) is 26.0 Å². The maximum Gasteiger partial charge on any atom is 0.243 e. The van der Waals surface area contributed by atoms with Crippen molar-refractivity contribution >= 4 is 41.5 Å². The Morgan fingerprint density at radius 2 is 1.76 bits per heavy atom. The second-order valence-corrected chi connectivity index (χ2v) is 6.54. The van der Waals surface area contributed by atoms with Crippen LogP contribution in [0.2, 0.25) is 0 Å². The van der Waals surface area contributed by atoms with Gasteiger partial charge in [-0.3, -0.25) is 4.79 Å². The standard InChI is InChI=1S/C18H29N5O.HI/c1-15(2)20-18(19-14-17(24)21(3)4)23-12-10-22(11-13-23)16-8-6-5-7-9-16;/h5-9,15H,10-14H2,1-4H3,(H,19,20);1H. The predicted molar refractivity (Wildman–Crippen MR) is 115 cm³/mol. The summed E-state index contributed by atoms with van der Waals surface area (Å²) < 4.78 is 0. The molecule has 140 valence electrons. The Hall–Kier alpha value is -1.51. The molecule has 0 unspecified atom stereocenters. The molecule has 0 spiro atoms. The normalized spacial score (nSPS) is 15.0. The summed E-state index contributed by atoms with van der Waals surface area (Å²) in [6.07, 6.45) is 0. The Bertz CT molecular complexity index is 554. The summed E-state index contributed by atoms with van der Waals surface area (Å²) in [5.41, 5.74) is 1.26. The molecule has 1 fully saturated rings. The number of nitrogens with one attached hydrogen (secondary N) is 1. The molecule has 0 aromatic heterocycles. The van der Waals surface area contributed by atoms with Crippen LogP contribution < -0.4 is 10.2 Å². The lowest BCUT2D eigenvalue weighted by Gasteiger charge is -2.38. The lowest BCUT2D eigenvalue weighted by Crippen LogP contribution is -2.54. The molecule has 0 atom stereocenters. The zero-order valence-corrected chi connectivity index (χ0v) is 17.9. The summed E-state index contributed by atoms with van der Waals surface area (Å²) in [4.78, 5) is 22.5. The van der Waals surface area contributed by atoms with E-state index in [1.807, 2.05) is 6.07 Å². The second kappa shape index (κ2) is 10.5. The van der Waals surface area contributed by atoms with Crippen LogP contribution in [-0.2, 0) is 4.79 Å². The van der Waals surface area contributed by atoms with Crippen molar-refractivity contribution in [3.63, 3.8) is 0 Å². The van der Waals surface area contributed by atoms with E-state index >= 15 is 0 Å². The van der Waals surface area contributed by atoms with Crippen molar-refractivity contribution in [2.24, 2.45) is 4.99 Å². The summed E-state index contributed by atoms with van der Waals surface area (Å²) >= 11 is 0. The third-order valence-electron chi connectivity index (χ3n) is 3.98. The van der Waals surface area contributed by atoms with Crippen molar-refractivity contribution in [1.82, 2.24) is 15.1 Å². The lowest BCUT2D eigenvalue weighted by atomic mass is 10.2.